The Balaban J connectivity index is 1.50. The second kappa shape index (κ2) is 10.2. The molecule has 7 nitrogen and oxygen atoms in total. The molecule has 0 spiro atoms. The Kier molecular flexibility index (Phi) is 6.81. The highest BCUT2D eigenvalue weighted by Crippen LogP contribution is 2.44. The van der Waals surface area contributed by atoms with Gasteiger partial charge in [-0.3, -0.25) is 9.59 Å². The number of allylic oxidation sites excluding steroid dienone is 1. The molecule has 7 heteroatoms. The summed E-state index contributed by atoms with van der Waals surface area (Å²) in [6.07, 6.45) is 4.60. The largest absolute Gasteiger partial charge is 0.510 e. The van der Waals surface area contributed by atoms with E-state index in [1.165, 1.54) is 12.8 Å². The molecule has 1 saturated carbocycles. The monoisotopic (exact) mass is 488 g/mol. The molecule has 2 heterocycles. The smallest absolute Gasteiger partial charge is 0.286 e. The number of nitrogens with zero attached hydrogens (tertiary/aromatic N) is 2. The van der Waals surface area contributed by atoms with Crippen LogP contribution in [0.25, 0.3) is 0 Å². The first-order valence-corrected chi connectivity index (χ1v) is 12.6. The molecule has 2 aliphatic heterocycles. The van der Waals surface area contributed by atoms with Gasteiger partial charge in [-0.1, -0.05) is 49.2 Å². The van der Waals surface area contributed by atoms with Crippen LogP contribution in [0.2, 0.25) is 0 Å². The van der Waals surface area contributed by atoms with Crippen LogP contribution in [-0.2, 0) is 9.59 Å². The second-order valence-corrected chi connectivity index (χ2v) is 9.81. The lowest BCUT2D eigenvalue weighted by Gasteiger charge is -2.28. The van der Waals surface area contributed by atoms with E-state index in [2.05, 4.69) is 17.1 Å². The molecular formula is C29H32N2O5. The van der Waals surface area contributed by atoms with Crippen molar-refractivity contribution < 1.29 is 24.2 Å². The van der Waals surface area contributed by atoms with E-state index in [0.717, 1.165) is 18.4 Å². The number of likely N-dealkylation sites (tertiary alicyclic amines) is 1. The van der Waals surface area contributed by atoms with E-state index in [1.807, 2.05) is 18.2 Å². The molecule has 2 aromatic carbocycles. The Morgan fingerprint density at radius 2 is 1.72 bits per heavy atom. The fraction of sp³-hybridized carbons (Fsp3) is 0.414. The highest BCUT2D eigenvalue weighted by molar-refractivity contribution is 6.24. The van der Waals surface area contributed by atoms with Crippen LogP contribution in [0, 0.1) is 5.92 Å². The van der Waals surface area contributed by atoms with E-state index in [-0.39, 0.29) is 17.3 Å². The number of aliphatic hydroxyl groups excluding tert-OH is 1. The summed E-state index contributed by atoms with van der Waals surface area (Å²) in [6.45, 7) is 1.01. The number of ether oxygens (including phenoxy) is 2. The molecule has 0 radical (unpaired) electrons. The Morgan fingerprint density at radius 1 is 1.03 bits per heavy atom. The molecule has 1 aliphatic carbocycles. The zero-order chi connectivity index (χ0) is 25.2. The summed E-state index contributed by atoms with van der Waals surface area (Å²) in [6, 6.07) is 15.4. The average molecular weight is 489 g/mol. The number of carbonyl (C=O) groups excluding carboxylic acids is 2. The van der Waals surface area contributed by atoms with Crippen molar-refractivity contribution in [2.45, 2.75) is 43.9 Å². The van der Waals surface area contributed by atoms with Gasteiger partial charge in [0.2, 0.25) is 0 Å². The maximum absolute atomic E-state index is 13.6. The maximum Gasteiger partial charge on any atom is 0.286 e. The lowest BCUT2D eigenvalue weighted by molar-refractivity contribution is -0.129. The fourth-order valence-electron chi connectivity index (χ4n) is 5.39. The third kappa shape index (κ3) is 4.62. The van der Waals surface area contributed by atoms with Crippen molar-refractivity contribution in [3.63, 3.8) is 0 Å². The van der Waals surface area contributed by atoms with Crippen molar-refractivity contribution in [3.05, 3.63) is 71.0 Å². The van der Waals surface area contributed by atoms with Crippen molar-refractivity contribution in [1.29, 1.82) is 0 Å². The second-order valence-electron chi connectivity index (χ2n) is 9.81. The molecule has 2 aromatic rings. The third-order valence-electron chi connectivity index (χ3n) is 7.54. The number of rotatable bonds is 8. The van der Waals surface area contributed by atoms with Gasteiger partial charge < -0.3 is 19.5 Å². The molecule has 0 bridgehead atoms. The van der Waals surface area contributed by atoms with Crippen molar-refractivity contribution in [2.75, 3.05) is 27.3 Å². The molecule has 36 heavy (non-hydrogen) atoms. The first-order chi connectivity index (χ1) is 17.5. The minimum atomic E-state index is -0.779. The van der Waals surface area contributed by atoms with Crippen LogP contribution in [0.15, 0.2) is 64.9 Å². The first-order valence-electron chi connectivity index (χ1n) is 12.6. The summed E-state index contributed by atoms with van der Waals surface area (Å²) in [5, 5.41) is 11.6. The standard InChI is InChI=1S/C29H32N2O5/c1-35-22-9-6-10-23(36-2)25(22)24-21(14-13-18-11-12-18)30-28(33)26(27(24)32)29(34)31-16-15-20(17-31)19-7-4-3-5-8-19/h3-10,18,20,24,32H,11-17H2,1-2H3/t20-,24?/m1/s1. The fourth-order valence-corrected chi connectivity index (χ4v) is 5.39. The number of hydrogen-bond acceptors (Lipinski definition) is 5. The van der Waals surface area contributed by atoms with Crippen LogP contribution < -0.4 is 9.47 Å². The van der Waals surface area contributed by atoms with Gasteiger partial charge in [0.15, 0.2) is 0 Å². The van der Waals surface area contributed by atoms with Crippen LogP contribution in [0.3, 0.4) is 0 Å². The normalized spacial score (nSPS) is 22.0. The third-order valence-corrected chi connectivity index (χ3v) is 7.54. The van der Waals surface area contributed by atoms with E-state index in [4.69, 9.17) is 9.47 Å². The van der Waals surface area contributed by atoms with E-state index >= 15 is 0 Å². The number of aliphatic imine (C=N–C) groups is 1. The summed E-state index contributed by atoms with van der Waals surface area (Å²) < 4.78 is 11.2. The minimum Gasteiger partial charge on any atom is -0.510 e. The number of amides is 2. The van der Waals surface area contributed by atoms with Gasteiger partial charge in [0.1, 0.15) is 22.8 Å². The highest BCUT2D eigenvalue weighted by atomic mass is 16.5. The summed E-state index contributed by atoms with van der Waals surface area (Å²) in [5.74, 6) is -0.351. The van der Waals surface area contributed by atoms with E-state index in [0.29, 0.717) is 48.2 Å². The van der Waals surface area contributed by atoms with Crippen molar-refractivity contribution in [1.82, 2.24) is 4.90 Å². The van der Waals surface area contributed by atoms with Gasteiger partial charge >= 0.3 is 0 Å². The van der Waals surface area contributed by atoms with Gasteiger partial charge in [0, 0.05) is 24.7 Å². The molecule has 1 N–H and O–H groups in total. The number of dihydropyridines is 1. The van der Waals surface area contributed by atoms with Crippen molar-refractivity contribution in [2.24, 2.45) is 10.9 Å². The lowest BCUT2D eigenvalue weighted by atomic mass is 9.83. The van der Waals surface area contributed by atoms with E-state index < -0.39 is 17.7 Å². The van der Waals surface area contributed by atoms with Gasteiger partial charge in [-0.2, -0.15) is 0 Å². The average Bonchev–Trinajstić information content (AvgIpc) is 3.60. The molecule has 3 aliphatic rings. The van der Waals surface area contributed by atoms with Gasteiger partial charge in [-0.25, -0.2) is 4.99 Å². The summed E-state index contributed by atoms with van der Waals surface area (Å²) >= 11 is 0. The van der Waals surface area contributed by atoms with Crippen LogP contribution in [0.4, 0.5) is 0 Å². The number of benzene rings is 2. The highest BCUT2D eigenvalue weighted by Gasteiger charge is 2.42. The summed E-state index contributed by atoms with van der Waals surface area (Å²) in [7, 11) is 3.10. The Hall–Kier alpha value is -3.61. The van der Waals surface area contributed by atoms with Gasteiger partial charge in [0.25, 0.3) is 11.8 Å². The van der Waals surface area contributed by atoms with Crippen molar-refractivity contribution >= 4 is 17.5 Å². The number of methoxy groups -OCH3 is 2. The number of hydrogen-bond donors (Lipinski definition) is 1. The number of aliphatic hydroxyl groups is 1. The topological polar surface area (TPSA) is 88.4 Å². The molecule has 0 aromatic heterocycles. The first kappa shape index (κ1) is 24.1. The molecule has 2 atom stereocenters. The summed E-state index contributed by atoms with van der Waals surface area (Å²) in [4.78, 5) is 32.9. The van der Waals surface area contributed by atoms with Crippen LogP contribution in [-0.4, -0.2) is 54.8 Å². The zero-order valence-corrected chi connectivity index (χ0v) is 20.8. The molecule has 188 valence electrons. The molecule has 5 rings (SSSR count). The van der Waals surface area contributed by atoms with Crippen molar-refractivity contribution in [3.8, 4) is 11.5 Å². The maximum atomic E-state index is 13.6. The van der Waals surface area contributed by atoms with E-state index in [1.54, 1.807) is 37.3 Å². The van der Waals surface area contributed by atoms with E-state index in [9.17, 15) is 14.7 Å². The SMILES string of the molecule is COc1cccc(OC)c1C1C(CCC2CC2)=NC(=O)C(C(=O)N2CC[C@@H](c3ccccc3)C2)=C1O. The molecular weight excluding hydrogens is 456 g/mol. The predicted octanol–water partition coefficient (Wildman–Crippen LogP) is 4.79. The van der Waals surface area contributed by atoms with Crippen LogP contribution >= 0.6 is 0 Å². The molecule has 2 fully saturated rings. The molecule has 1 unspecified atom stereocenters. The zero-order valence-electron chi connectivity index (χ0n) is 20.8. The van der Waals surface area contributed by atoms with Gasteiger partial charge in [0.05, 0.1) is 25.7 Å². The quantitative estimate of drug-likeness (QED) is 0.540. The van der Waals surface area contributed by atoms with Gasteiger partial charge in [-0.05, 0) is 42.9 Å². The lowest BCUT2D eigenvalue weighted by Crippen LogP contribution is -2.36. The molecule has 1 saturated heterocycles. The van der Waals surface area contributed by atoms with Crippen LogP contribution in [0.1, 0.15) is 55.1 Å². The Bertz CT molecular complexity index is 1190. The molecule has 2 amide bonds. The van der Waals surface area contributed by atoms with Crippen LogP contribution in [0.5, 0.6) is 11.5 Å². The minimum absolute atomic E-state index is 0.194. The number of carbonyl (C=O) groups is 2. The Labute approximate surface area is 211 Å². The predicted molar refractivity (Wildman–Crippen MR) is 137 cm³/mol. The summed E-state index contributed by atoms with van der Waals surface area (Å²) in [5.41, 5.74) is 2.04. The van der Waals surface area contributed by atoms with Gasteiger partial charge in [-0.15, -0.1) is 0 Å². The Morgan fingerprint density at radius 3 is 2.36 bits per heavy atom.